The minimum absolute atomic E-state index is 0.289. The lowest BCUT2D eigenvalue weighted by atomic mass is 10.0. The van der Waals surface area contributed by atoms with Crippen molar-refractivity contribution in [1.29, 1.82) is 0 Å². The number of pyridine rings is 1. The van der Waals surface area contributed by atoms with E-state index in [1.165, 1.54) is 24.0 Å². The van der Waals surface area contributed by atoms with Crippen molar-refractivity contribution >= 4 is 22.5 Å². The summed E-state index contributed by atoms with van der Waals surface area (Å²) in [5.41, 5.74) is 4.55. The molecule has 0 N–H and O–H groups in total. The molecule has 0 saturated heterocycles. The molecule has 29 heavy (non-hydrogen) atoms. The van der Waals surface area contributed by atoms with Gasteiger partial charge in [0, 0.05) is 17.8 Å². The number of hydrogen-bond acceptors (Lipinski definition) is 3. The lowest BCUT2D eigenvalue weighted by molar-refractivity contribution is 0.866. The van der Waals surface area contributed by atoms with Gasteiger partial charge < -0.3 is 0 Å². The van der Waals surface area contributed by atoms with Gasteiger partial charge in [-0.05, 0) is 73.1 Å². The molecule has 2 heterocycles. The van der Waals surface area contributed by atoms with Crippen LogP contribution >= 0.6 is 11.6 Å². The quantitative estimate of drug-likeness (QED) is 0.467. The van der Waals surface area contributed by atoms with E-state index >= 15 is 0 Å². The lowest BCUT2D eigenvalue weighted by Gasteiger charge is -2.15. The van der Waals surface area contributed by atoms with Crippen molar-refractivity contribution in [2.24, 2.45) is 0 Å². The van der Waals surface area contributed by atoms with Gasteiger partial charge in [0.05, 0.1) is 21.9 Å². The minimum atomic E-state index is -0.289. The van der Waals surface area contributed by atoms with Crippen LogP contribution in [0.3, 0.4) is 0 Å². The second kappa shape index (κ2) is 7.45. The van der Waals surface area contributed by atoms with Crippen LogP contribution < -0.4 is 5.69 Å². The Kier molecular flexibility index (Phi) is 4.64. The first kappa shape index (κ1) is 18.1. The van der Waals surface area contributed by atoms with Crippen molar-refractivity contribution in [3.63, 3.8) is 0 Å². The Bertz CT molecular complexity index is 1250. The molecule has 4 nitrogen and oxygen atoms in total. The van der Waals surface area contributed by atoms with Crippen LogP contribution in [0.5, 0.6) is 0 Å². The molecule has 0 spiro atoms. The van der Waals surface area contributed by atoms with Crippen molar-refractivity contribution in [3.8, 4) is 5.69 Å². The van der Waals surface area contributed by atoms with E-state index in [0.717, 1.165) is 23.0 Å². The maximum Gasteiger partial charge on any atom is 0.352 e. The molecule has 2 aromatic heterocycles. The van der Waals surface area contributed by atoms with E-state index < -0.39 is 0 Å². The highest BCUT2D eigenvalue weighted by atomic mass is 35.5. The molecule has 2 aromatic carbocycles. The fraction of sp³-hybridized carbons (Fsp3) is 0.208. The predicted molar refractivity (Wildman–Crippen MR) is 116 cm³/mol. The van der Waals surface area contributed by atoms with Crippen molar-refractivity contribution < 1.29 is 0 Å². The molecule has 0 bridgehead atoms. The summed E-state index contributed by atoms with van der Waals surface area (Å²) in [6.45, 7) is 0. The first-order valence-electron chi connectivity index (χ1n) is 9.90. The molecule has 0 unspecified atom stereocenters. The summed E-state index contributed by atoms with van der Waals surface area (Å²) < 4.78 is 1.65. The van der Waals surface area contributed by atoms with Crippen LogP contribution in [0.15, 0.2) is 71.8 Å². The third-order valence-electron chi connectivity index (χ3n) is 5.54. The molecule has 1 saturated carbocycles. The molecule has 144 valence electrons. The van der Waals surface area contributed by atoms with E-state index in [-0.39, 0.29) is 5.69 Å². The van der Waals surface area contributed by atoms with E-state index in [0.29, 0.717) is 23.0 Å². The van der Waals surface area contributed by atoms with Gasteiger partial charge in [0.15, 0.2) is 0 Å². The van der Waals surface area contributed by atoms with Gasteiger partial charge in [-0.15, -0.1) is 0 Å². The number of para-hydroxylation sites is 1. The summed E-state index contributed by atoms with van der Waals surface area (Å²) in [4.78, 5) is 21.6. The van der Waals surface area contributed by atoms with Crippen molar-refractivity contribution in [1.82, 2.24) is 14.5 Å². The molecule has 4 aromatic rings. The number of aromatic nitrogens is 3. The van der Waals surface area contributed by atoms with E-state index in [1.807, 2.05) is 30.3 Å². The van der Waals surface area contributed by atoms with Gasteiger partial charge in [-0.2, -0.15) is 4.98 Å². The zero-order chi connectivity index (χ0) is 19.8. The van der Waals surface area contributed by atoms with E-state index in [9.17, 15) is 4.79 Å². The monoisotopic (exact) mass is 401 g/mol. The number of fused-ring (bicyclic) bond motifs is 1. The smallest absolute Gasteiger partial charge is 0.265 e. The molecule has 0 radical (unpaired) electrons. The molecule has 1 aliphatic rings. The second-order valence-electron chi connectivity index (χ2n) is 7.53. The molecule has 0 aliphatic heterocycles. The van der Waals surface area contributed by atoms with E-state index in [4.69, 9.17) is 11.6 Å². The highest BCUT2D eigenvalue weighted by Crippen LogP contribution is 2.41. The van der Waals surface area contributed by atoms with E-state index in [2.05, 4.69) is 28.2 Å². The van der Waals surface area contributed by atoms with Crippen molar-refractivity contribution in [2.45, 2.75) is 31.6 Å². The zero-order valence-electron chi connectivity index (χ0n) is 15.9. The molecule has 0 amide bonds. The van der Waals surface area contributed by atoms with Gasteiger partial charge in [-0.1, -0.05) is 35.9 Å². The van der Waals surface area contributed by atoms with Gasteiger partial charge in [-0.25, -0.2) is 4.79 Å². The summed E-state index contributed by atoms with van der Waals surface area (Å²) in [5, 5.41) is 1.54. The number of rotatable bonds is 5. The van der Waals surface area contributed by atoms with Gasteiger partial charge in [-0.3, -0.25) is 9.55 Å². The zero-order valence-corrected chi connectivity index (χ0v) is 16.6. The molecular weight excluding hydrogens is 382 g/mol. The van der Waals surface area contributed by atoms with Crippen LogP contribution in [-0.2, 0) is 12.8 Å². The fourth-order valence-corrected chi connectivity index (χ4v) is 4.07. The predicted octanol–water partition coefficient (Wildman–Crippen LogP) is 5.10. The third kappa shape index (κ3) is 3.56. The highest BCUT2D eigenvalue weighted by molar-refractivity contribution is 6.32. The Hall–Kier alpha value is -2.98. The van der Waals surface area contributed by atoms with Crippen LogP contribution in [0.1, 0.15) is 35.6 Å². The molecular formula is C24H20ClN3O. The fourth-order valence-electron chi connectivity index (χ4n) is 3.85. The Morgan fingerprint density at radius 1 is 1.00 bits per heavy atom. The number of aryl methyl sites for hydroxylation is 2. The summed E-state index contributed by atoms with van der Waals surface area (Å²) in [6.07, 6.45) is 7.51. The summed E-state index contributed by atoms with van der Waals surface area (Å²) in [6, 6.07) is 17.9. The first-order chi connectivity index (χ1) is 14.2. The molecule has 5 heteroatoms. The average Bonchev–Trinajstić information content (AvgIpc) is 3.59. The van der Waals surface area contributed by atoms with Gasteiger partial charge in [0.2, 0.25) is 0 Å². The van der Waals surface area contributed by atoms with Crippen LogP contribution in [0.2, 0.25) is 5.02 Å². The summed E-state index contributed by atoms with van der Waals surface area (Å²) >= 11 is 6.43. The number of hydrogen-bond donors (Lipinski definition) is 0. The maximum atomic E-state index is 13.1. The maximum absolute atomic E-state index is 13.1. The average molecular weight is 402 g/mol. The molecule has 0 atom stereocenters. The van der Waals surface area contributed by atoms with Gasteiger partial charge in [0.1, 0.15) is 0 Å². The SMILES string of the molecule is O=c1nc(CCc2ccncc2)c2ccc(C3CC3)cc2n1-c1ccccc1Cl. The number of nitrogens with zero attached hydrogens (tertiary/aromatic N) is 3. The Balaban J connectivity index is 1.67. The van der Waals surface area contributed by atoms with Crippen LogP contribution in [0, 0.1) is 0 Å². The summed E-state index contributed by atoms with van der Waals surface area (Å²) in [7, 11) is 0. The molecule has 1 aliphatic carbocycles. The number of benzene rings is 2. The third-order valence-corrected chi connectivity index (χ3v) is 5.86. The largest absolute Gasteiger partial charge is 0.352 e. The van der Waals surface area contributed by atoms with Crippen LogP contribution in [0.25, 0.3) is 16.6 Å². The van der Waals surface area contributed by atoms with Gasteiger partial charge >= 0.3 is 5.69 Å². The van der Waals surface area contributed by atoms with Crippen LogP contribution in [0.4, 0.5) is 0 Å². The lowest BCUT2D eigenvalue weighted by Crippen LogP contribution is -2.24. The summed E-state index contributed by atoms with van der Waals surface area (Å²) in [5.74, 6) is 0.600. The standard InChI is InChI=1S/C24H20ClN3O/c25-20-3-1-2-4-22(20)28-23-15-18(17-6-7-17)8-9-19(23)21(27-24(28)29)10-5-16-11-13-26-14-12-16/h1-4,8-9,11-15,17H,5-7,10H2. The second-order valence-corrected chi connectivity index (χ2v) is 7.94. The molecule has 5 rings (SSSR count). The first-order valence-corrected chi connectivity index (χ1v) is 10.3. The van der Waals surface area contributed by atoms with Crippen molar-refractivity contribution in [2.75, 3.05) is 0 Å². The van der Waals surface area contributed by atoms with Crippen molar-refractivity contribution in [3.05, 3.63) is 99.3 Å². The molecule has 1 fully saturated rings. The highest BCUT2D eigenvalue weighted by Gasteiger charge is 2.24. The Morgan fingerprint density at radius 3 is 2.55 bits per heavy atom. The minimum Gasteiger partial charge on any atom is -0.265 e. The normalized spacial score (nSPS) is 13.7. The Morgan fingerprint density at radius 2 is 1.79 bits per heavy atom. The van der Waals surface area contributed by atoms with E-state index in [1.54, 1.807) is 23.0 Å². The van der Waals surface area contributed by atoms with Crippen LogP contribution in [-0.4, -0.2) is 14.5 Å². The Labute approximate surface area is 173 Å². The number of halogens is 1. The topological polar surface area (TPSA) is 47.8 Å². The van der Waals surface area contributed by atoms with Gasteiger partial charge in [0.25, 0.3) is 0 Å².